The molecule has 0 aliphatic heterocycles. The summed E-state index contributed by atoms with van der Waals surface area (Å²) in [7, 11) is 0. The summed E-state index contributed by atoms with van der Waals surface area (Å²) in [5.74, 6) is 5.62. The summed E-state index contributed by atoms with van der Waals surface area (Å²) >= 11 is 0. The van der Waals surface area contributed by atoms with Gasteiger partial charge in [0.2, 0.25) is 0 Å². The lowest BCUT2D eigenvalue weighted by Crippen LogP contribution is -2.15. The second-order valence-corrected chi connectivity index (χ2v) is 3.25. The van der Waals surface area contributed by atoms with Gasteiger partial charge in [-0.15, -0.1) is 0 Å². The smallest absolute Gasteiger partial charge is 0.126 e. The number of rotatable bonds is 1. The molecule has 1 rings (SSSR count). The van der Waals surface area contributed by atoms with Gasteiger partial charge in [-0.3, -0.25) is 0 Å². The molecular weight excluding hydrogens is 177 g/mol. The normalized spacial score (nSPS) is 11.7. The minimum atomic E-state index is -0.199. The van der Waals surface area contributed by atoms with E-state index in [0.29, 0.717) is 5.56 Å². The van der Waals surface area contributed by atoms with Gasteiger partial charge in [-0.2, -0.15) is 0 Å². The van der Waals surface area contributed by atoms with Crippen LogP contribution in [0.3, 0.4) is 0 Å². The third-order valence-corrected chi connectivity index (χ3v) is 2.00. The molecule has 1 unspecified atom stereocenters. The Morgan fingerprint density at radius 1 is 1.50 bits per heavy atom. The lowest BCUT2D eigenvalue weighted by Gasteiger charge is -1.98. The number of nitrogens with two attached hydrogens (primary N) is 1. The van der Waals surface area contributed by atoms with E-state index in [1.807, 2.05) is 6.92 Å². The third kappa shape index (κ3) is 2.86. The molecule has 0 aromatic heterocycles. The summed E-state index contributed by atoms with van der Waals surface area (Å²) in [5.41, 5.74) is 7.07. The van der Waals surface area contributed by atoms with Crippen LogP contribution in [0.4, 0.5) is 4.39 Å². The minimum absolute atomic E-state index is 0.0969. The second kappa shape index (κ2) is 4.78. The molecule has 0 saturated carbocycles. The molecule has 74 valence electrons. The van der Waals surface area contributed by atoms with Crippen LogP contribution < -0.4 is 5.73 Å². The summed E-state index contributed by atoms with van der Waals surface area (Å²) in [6.07, 6.45) is 0.827. The maximum atomic E-state index is 12.9. The van der Waals surface area contributed by atoms with E-state index in [2.05, 4.69) is 11.8 Å². The van der Waals surface area contributed by atoms with Gasteiger partial charge in [0.05, 0.1) is 6.04 Å². The van der Waals surface area contributed by atoms with Crippen LogP contribution in [-0.4, -0.2) is 6.04 Å². The molecular formula is C12H14FN. The summed E-state index contributed by atoms with van der Waals surface area (Å²) in [6.45, 7) is 3.70. The van der Waals surface area contributed by atoms with Gasteiger partial charge in [-0.25, -0.2) is 4.39 Å². The Morgan fingerprint density at radius 2 is 2.21 bits per heavy atom. The number of hydrogen-bond donors (Lipinski definition) is 1. The largest absolute Gasteiger partial charge is 0.318 e. The van der Waals surface area contributed by atoms with Crippen molar-refractivity contribution in [3.05, 3.63) is 35.1 Å². The first kappa shape index (κ1) is 10.7. The van der Waals surface area contributed by atoms with Gasteiger partial charge in [0, 0.05) is 5.56 Å². The van der Waals surface area contributed by atoms with Gasteiger partial charge in [0.15, 0.2) is 0 Å². The zero-order valence-corrected chi connectivity index (χ0v) is 8.47. The standard InChI is InChI=1S/C12H14FN/c1-3-11(14)6-4-10-5-7-12(13)9(2)8-10/h5,7-8,11H,3,14H2,1-2H3. The summed E-state index contributed by atoms with van der Waals surface area (Å²) in [6, 6.07) is 4.72. The lowest BCUT2D eigenvalue weighted by molar-refractivity contribution is 0.618. The van der Waals surface area contributed by atoms with Crippen LogP contribution >= 0.6 is 0 Å². The highest BCUT2D eigenvalue weighted by molar-refractivity contribution is 5.38. The van der Waals surface area contributed by atoms with Crippen molar-refractivity contribution in [2.45, 2.75) is 26.3 Å². The molecule has 1 aromatic rings. The first-order chi connectivity index (χ1) is 6.63. The molecule has 14 heavy (non-hydrogen) atoms. The second-order valence-electron chi connectivity index (χ2n) is 3.25. The Labute approximate surface area is 84.1 Å². The predicted octanol–water partition coefficient (Wildman–Crippen LogP) is 2.22. The fourth-order valence-corrected chi connectivity index (χ4v) is 1.00. The monoisotopic (exact) mass is 191 g/mol. The highest BCUT2D eigenvalue weighted by atomic mass is 19.1. The molecule has 0 aliphatic carbocycles. The van der Waals surface area contributed by atoms with Crippen LogP contribution in [-0.2, 0) is 0 Å². The third-order valence-electron chi connectivity index (χ3n) is 2.00. The molecule has 0 amide bonds. The van der Waals surface area contributed by atoms with Crippen LogP contribution in [0.15, 0.2) is 18.2 Å². The van der Waals surface area contributed by atoms with Crippen molar-refractivity contribution < 1.29 is 4.39 Å². The van der Waals surface area contributed by atoms with Crippen molar-refractivity contribution in [3.8, 4) is 11.8 Å². The number of hydrogen-bond acceptors (Lipinski definition) is 1. The molecule has 0 saturated heterocycles. The molecule has 0 bridgehead atoms. The van der Waals surface area contributed by atoms with E-state index >= 15 is 0 Å². The lowest BCUT2D eigenvalue weighted by atomic mass is 10.1. The average molecular weight is 191 g/mol. The molecule has 0 heterocycles. The van der Waals surface area contributed by atoms with Crippen LogP contribution in [0.25, 0.3) is 0 Å². The Hall–Kier alpha value is -1.33. The van der Waals surface area contributed by atoms with Crippen LogP contribution in [0.5, 0.6) is 0 Å². The SMILES string of the molecule is CCC(N)C#Cc1ccc(F)c(C)c1. The molecule has 0 aliphatic rings. The maximum absolute atomic E-state index is 12.9. The van der Waals surface area contributed by atoms with E-state index in [4.69, 9.17) is 5.73 Å². The molecule has 1 aromatic carbocycles. The Morgan fingerprint density at radius 3 is 2.79 bits per heavy atom. The highest BCUT2D eigenvalue weighted by Gasteiger charge is 1.96. The van der Waals surface area contributed by atoms with E-state index < -0.39 is 0 Å². The fourth-order valence-electron chi connectivity index (χ4n) is 1.00. The van der Waals surface area contributed by atoms with Crippen LogP contribution in [0.1, 0.15) is 24.5 Å². The van der Waals surface area contributed by atoms with Crippen molar-refractivity contribution in [2.75, 3.05) is 0 Å². The Balaban J connectivity index is 2.86. The molecule has 0 spiro atoms. The van der Waals surface area contributed by atoms with E-state index in [1.54, 1.807) is 19.1 Å². The predicted molar refractivity (Wildman–Crippen MR) is 56.3 cm³/mol. The number of aryl methyl sites for hydroxylation is 1. The Kier molecular flexibility index (Phi) is 3.67. The van der Waals surface area contributed by atoms with Crippen LogP contribution in [0, 0.1) is 24.6 Å². The van der Waals surface area contributed by atoms with Crippen molar-refractivity contribution in [1.29, 1.82) is 0 Å². The van der Waals surface area contributed by atoms with Crippen molar-refractivity contribution in [1.82, 2.24) is 0 Å². The molecule has 0 fully saturated rings. The first-order valence-corrected chi connectivity index (χ1v) is 4.66. The van der Waals surface area contributed by atoms with Crippen molar-refractivity contribution >= 4 is 0 Å². The fraction of sp³-hybridized carbons (Fsp3) is 0.333. The van der Waals surface area contributed by atoms with E-state index in [0.717, 1.165) is 12.0 Å². The van der Waals surface area contributed by atoms with Gasteiger partial charge in [-0.05, 0) is 37.1 Å². The van der Waals surface area contributed by atoms with E-state index in [1.165, 1.54) is 6.07 Å². The number of halogens is 1. The average Bonchev–Trinajstić information content (AvgIpc) is 2.19. The van der Waals surface area contributed by atoms with Gasteiger partial charge in [0.1, 0.15) is 5.82 Å². The van der Waals surface area contributed by atoms with Gasteiger partial charge >= 0.3 is 0 Å². The highest BCUT2D eigenvalue weighted by Crippen LogP contribution is 2.07. The first-order valence-electron chi connectivity index (χ1n) is 4.66. The molecule has 1 atom stereocenters. The van der Waals surface area contributed by atoms with E-state index in [-0.39, 0.29) is 11.9 Å². The summed E-state index contributed by atoms with van der Waals surface area (Å²) in [5, 5.41) is 0. The molecule has 0 radical (unpaired) electrons. The zero-order chi connectivity index (χ0) is 10.6. The minimum Gasteiger partial charge on any atom is -0.318 e. The Bertz CT molecular complexity index is 374. The zero-order valence-electron chi connectivity index (χ0n) is 8.47. The topological polar surface area (TPSA) is 26.0 Å². The van der Waals surface area contributed by atoms with Crippen molar-refractivity contribution in [3.63, 3.8) is 0 Å². The molecule has 2 heteroatoms. The quantitative estimate of drug-likeness (QED) is 0.677. The van der Waals surface area contributed by atoms with Gasteiger partial charge in [-0.1, -0.05) is 18.8 Å². The van der Waals surface area contributed by atoms with Gasteiger partial charge < -0.3 is 5.73 Å². The maximum Gasteiger partial charge on any atom is 0.126 e. The van der Waals surface area contributed by atoms with E-state index in [9.17, 15) is 4.39 Å². The summed E-state index contributed by atoms with van der Waals surface area (Å²) < 4.78 is 12.9. The molecule has 2 N–H and O–H groups in total. The number of benzene rings is 1. The summed E-state index contributed by atoms with van der Waals surface area (Å²) in [4.78, 5) is 0. The van der Waals surface area contributed by atoms with Crippen LogP contribution in [0.2, 0.25) is 0 Å². The molecule has 1 nitrogen and oxygen atoms in total. The van der Waals surface area contributed by atoms with Crippen molar-refractivity contribution in [2.24, 2.45) is 5.73 Å². The van der Waals surface area contributed by atoms with Gasteiger partial charge in [0.25, 0.3) is 0 Å².